The van der Waals surface area contributed by atoms with Gasteiger partial charge in [-0.1, -0.05) is 60.7 Å². The molecule has 3 aromatic rings. The molecule has 2 amide bonds. The van der Waals surface area contributed by atoms with Crippen molar-refractivity contribution in [3.05, 3.63) is 93.9 Å². The van der Waals surface area contributed by atoms with E-state index in [0.717, 1.165) is 16.0 Å². The van der Waals surface area contributed by atoms with E-state index < -0.39 is 36.0 Å². The third-order valence-electron chi connectivity index (χ3n) is 7.14. The lowest BCUT2D eigenvalue weighted by Crippen LogP contribution is -2.46. The minimum Gasteiger partial charge on any atom is -0.461 e. The molecule has 11 heteroatoms. The van der Waals surface area contributed by atoms with Gasteiger partial charge in [0.05, 0.1) is 42.9 Å². The predicted octanol–water partition coefficient (Wildman–Crippen LogP) is 5.05. The van der Waals surface area contributed by atoms with Crippen molar-refractivity contribution in [1.29, 1.82) is 0 Å². The number of benzene rings is 2. The second-order valence-electron chi connectivity index (χ2n) is 10.4. The van der Waals surface area contributed by atoms with Crippen LogP contribution in [0, 0.1) is 5.92 Å². The Bertz CT molecular complexity index is 1350. The molecule has 0 aliphatic carbocycles. The van der Waals surface area contributed by atoms with E-state index in [4.69, 9.17) is 28.5 Å². The number of hydrogen-bond acceptors (Lipinski definition) is 9. The number of carbonyl (C=O) groups excluding carboxylic acids is 3. The Morgan fingerprint density at radius 1 is 1.00 bits per heavy atom. The molecule has 10 nitrogen and oxygen atoms in total. The minimum atomic E-state index is -1.10. The fourth-order valence-corrected chi connectivity index (χ4v) is 5.62. The molecule has 0 spiro atoms. The predicted molar refractivity (Wildman–Crippen MR) is 164 cm³/mol. The van der Waals surface area contributed by atoms with Gasteiger partial charge in [-0.3, -0.25) is 9.59 Å². The highest BCUT2D eigenvalue weighted by Gasteiger charge is 2.45. The number of hydrogen-bond donors (Lipinski definition) is 1. The van der Waals surface area contributed by atoms with E-state index in [0.29, 0.717) is 55.1 Å². The molecule has 0 radical (unpaired) electrons. The summed E-state index contributed by atoms with van der Waals surface area (Å²) in [6.45, 7) is 2.86. The molecular formula is C33H38BrNO9. The van der Waals surface area contributed by atoms with Gasteiger partial charge in [0.2, 0.25) is 5.91 Å². The van der Waals surface area contributed by atoms with Gasteiger partial charge in [0, 0.05) is 20.0 Å². The lowest BCUT2D eigenvalue weighted by molar-refractivity contribution is -0.155. The van der Waals surface area contributed by atoms with Crippen LogP contribution in [0.4, 0.5) is 4.79 Å². The summed E-state index contributed by atoms with van der Waals surface area (Å²) < 4.78 is 28.8. The van der Waals surface area contributed by atoms with Gasteiger partial charge in [0.25, 0.3) is 0 Å². The third kappa shape index (κ3) is 9.49. The first-order valence-corrected chi connectivity index (χ1v) is 15.5. The van der Waals surface area contributed by atoms with Crippen molar-refractivity contribution in [1.82, 2.24) is 4.90 Å². The van der Waals surface area contributed by atoms with Crippen LogP contribution in [0.3, 0.4) is 0 Å². The third-order valence-corrected chi connectivity index (χ3v) is 7.81. The number of aliphatic hydroxyl groups is 1. The van der Waals surface area contributed by atoms with Crippen LogP contribution in [0.15, 0.2) is 75.6 Å². The summed E-state index contributed by atoms with van der Waals surface area (Å²) in [4.78, 5) is 40.9. The molecule has 1 aliphatic heterocycles. The Morgan fingerprint density at radius 2 is 1.66 bits per heavy atom. The standard InChI is InChI=1S/C33H38BrNO9/c1-23(37)43-31(30-21-28(34)29(44-30)13-8-15-40-17-18-41-16-14-36)27(20-25-11-6-3-7-12-25)32(38)35-26(22-42-33(35)39)19-24-9-4-2-5-10-24/h2-7,9-12,21,26-27,31,36H,8,13-20,22H2,1H3. The SMILES string of the molecule is CC(=O)OC(c1cc(Br)c(CCCOCCOCCO)o1)C(Cc1ccccc1)C(=O)N1C(=O)OCC1Cc1ccccc1. The van der Waals surface area contributed by atoms with Crippen LogP contribution in [0.1, 0.15) is 42.1 Å². The number of ether oxygens (including phenoxy) is 4. The molecule has 1 aromatic heterocycles. The van der Waals surface area contributed by atoms with E-state index in [1.165, 1.54) is 6.92 Å². The summed E-state index contributed by atoms with van der Waals surface area (Å²) in [6, 6.07) is 20.1. The summed E-state index contributed by atoms with van der Waals surface area (Å²) >= 11 is 3.55. The van der Waals surface area contributed by atoms with Gasteiger partial charge in [-0.25, -0.2) is 9.69 Å². The lowest BCUT2D eigenvalue weighted by atomic mass is 9.90. The zero-order chi connectivity index (χ0) is 31.3. The second kappa shape index (κ2) is 17.1. The average Bonchev–Trinajstić information content (AvgIpc) is 3.57. The summed E-state index contributed by atoms with van der Waals surface area (Å²) in [5.41, 5.74) is 1.80. The van der Waals surface area contributed by atoms with Gasteiger partial charge in [-0.15, -0.1) is 0 Å². The number of halogens is 1. The first-order chi connectivity index (χ1) is 21.4. The molecule has 2 heterocycles. The van der Waals surface area contributed by atoms with Crippen LogP contribution in [0.25, 0.3) is 0 Å². The number of nitrogens with zero attached hydrogens (tertiary/aromatic N) is 1. The van der Waals surface area contributed by atoms with Crippen LogP contribution in [-0.4, -0.2) is 73.7 Å². The monoisotopic (exact) mass is 671 g/mol. The van der Waals surface area contributed by atoms with Crippen molar-refractivity contribution in [2.75, 3.05) is 39.6 Å². The van der Waals surface area contributed by atoms with Crippen LogP contribution in [0.2, 0.25) is 0 Å². The van der Waals surface area contributed by atoms with Crippen LogP contribution < -0.4 is 0 Å². The fourth-order valence-electron chi connectivity index (χ4n) is 5.11. The Balaban J connectivity index is 1.56. The van der Waals surface area contributed by atoms with E-state index >= 15 is 0 Å². The Morgan fingerprint density at radius 3 is 2.32 bits per heavy atom. The van der Waals surface area contributed by atoms with Gasteiger partial charge in [-0.2, -0.15) is 0 Å². The number of carbonyl (C=O) groups is 3. The number of aliphatic hydroxyl groups excluding tert-OH is 1. The van der Waals surface area contributed by atoms with E-state index in [9.17, 15) is 14.4 Å². The number of esters is 1. The van der Waals surface area contributed by atoms with Crippen LogP contribution in [0.5, 0.6) is 0 Å². The smallest absolute Gasteiger partial charge is 0.416 e. The molecule has 3 atom stereocenters. The van der Waals surface area contributed by atoms with Gasteiger partial charge in [0.15, 0.2) is 6.10 Å². The Labute approximate surface area is 265 Å². The first-order valence-electron chi connectivity index (χ1n) is 14.7. The maximum absolute atomic E-state index is 14.3. The highest BCUT2D eigenvalue weighted by atomic mass is 79.9. The van der Waals surface area contributed by atoms with Crippen molar-refractivity contribution in [3.63, 3.8) is 0 Å². The number of amides is 2. The summed E-state index contributed by atoms with van der Waals surface area (Å²) in [5, 5.41) is 8.77. The molecule has 236 valence electrons. The molecule has 2 aromatic carbocycles. The second-order valence-corrected chi connectivity index (χ2v) is 11.3. The van der Waals surface area contributed by atoms with Crippen molar-refractivity contribution >= 4 is 33.9 Å². The van der Waals surface area contributed by atoms with E-state index in [-0.39, 0.29) is 26.2 Å². The summed E-state index contributed by atoms with van der Waals surface area (Å²) in [5.74, 6) is -1.16. The van der Waals surface area contributed by atoms with Crippen molar-refractivity contribution < 1.29 is 42.9 Å². The number of cyclic esters (lactones) is 1. The normalized spacial score (nSPS) is 16.0. The molecule has 1 N–H and O–H groups in total. The quantitative estimate of drug-likeness (QED) is 0.155. The maximum atomic E-state index is 14.3. The molecule has 0 bridgehead atoms. The van der Waals surface area contributed by atoms with Crippen LogP contribution in [-0.2, 0) is 47.8 Å². The van der Waals surface area contributed by atoms with E-state index in [1.807, 2.05) is 60.7 Å². The van der Waals surface area contributed by atoms with Crippen LogP contribution >= 0.6 is 15.9 Å². The Hall–Kier alpha value is -3.51. The van der Waals surface area contributed by atoms with Crippen molar-refractivity contribution in [2.24, 2.45) is 5.92 Å². The van der Waals surface area contributed by atoms with E-state index in [2.05, 4.69) is 15.9 Å². The molecule has 1 saturated heterocycles. The fraction of sp³-hybridized carbons (Fsp3) is 0.424. The molecule has 44 heavy (non-hydrogen) atoms. The number of aryl methyl sites for hydroxylation is 1. The molecule has 3 unspecified atom stereocenters. The summed E-state index contributed by atoms with van der Waals surface area (Å²) in [7, 11) is 0. The molecule has 1 fully saturated rings. The molecule has 1 aliphatic rings. The maximum Gasteiger partial charge on any atom is 0.416 e. The van der Waals surface area contributed by atoms with Crippen molar-refractivity contribution in [2.45, 2.75) is 44.8 Å². The zero-order valence-electron chi connectivity index (χ0n) is 24.7. The first kappa shape index (κ1) is 33.4. The molecular weight excluding hydrogens is 634 g/mol. The number of furan rings is 1. The number of rotatable bonds is 17. The lowest BCUT2D eigenvalue weighted by Gasteiger charge is -2.29. The van der Waals surface area contributed by atoms with E-state index in [1.54, 1.807) is 6.07 Å². The number of imide groups is 1. The Kier molecular flexibility index (Phi) is 13.0. The highest BCUT2D eigenvalue weighted by Crippen LogP contribution is 2.37. The zero-order valence-corrected chi connectivity index (χ0v) is 26.3. The van der Waals surface area contributed by atoms with Gasteiger partial charge < -0.3 is 28.5 Å². The van der Waals surface area contributed by atoms with Gasteiger partial charge >= 0.3 is 12.1 Å². The molecule has 0 saturated carbocycles. The topological polar surface area (TPSA) is 125 Å². The summed E-state index contributed by atoms with van der Waals surface area (Å²) in [6.07, 6.45) is -0.0222. The minimum absolute atomic E-state index is 0.0304. The molecule has 4 rings (SSSR count). The van der Waals surface area contributed by atoms with Gasteiger partial charge in [-0.05, 0) is 52.4 Å². The van der Waals surface area contributed by atoms with Crippen molar-refractivity contribution in [3.8, 4) is 0 Å². The average molecular weight is 673 g/mol. The van der Waals surface area contributed by atoms with Gasteiger partial charge in [0.1, 0.15) is 18.1 Å². The largest absolute Gasteiger partial charge is 0.461 e. The highest BCUT2D eigenvalue weighted by molar-refractivity contribution is 9.10.